The zero-order valence-electron chi connectivity index (χ0n) is 10.8. The first-order valence-electron chi connectivity index (χ1n) is 5.77. The van der Waals surface area contributed by atoms with E-state index in [0.717, 1.165) is 0 Å². The highest BCUT2D eigenvalue weighted by atomic mass is 19.4. The molecule has 0 atom stereocenters. The molecule has 0 radical (unpaired) electrons. The third kappa shape index (κ3) is 4.93. The van der Waals surface area contributed by atoms with E-state index in [2.05, 4.69) is 5.73 Å². The molecule has 0 spiro atoms. The van der Waals surface area contributed by atoms with E-state index in [1.165, 1.54) is 0 Å². The number of hydrogen-bond donors (Lipinski definition) is 2. The largest absolute Gasteiger partial charge is 0.416 e. The number of carbonyl (C=O) groups is 2. The zero-order valence-corrected chi connectivity index (χ0v) is 10.8. The lowest BCUT2D eigenvalue weighted by molar-refractivity contribution is -0.143. The number of primary amides is 1. The second-order valence-electron chi connectivity index (χ2n) is 4.28. The van der Waals surface area contributed by atoms with Crippen molar-refractivity contribution in [2.24, 2.45) is 5.73 Å². The molecular weight excluding hydrogens is 318 g/mol. The summed E-state index contributed by atoms with van der Waals surface area (Å²) in [6.45, 7) is -0.333. The number of benzene rings is 1. The summed E-state index contributed by atoms with van der Waals surface area (Å²) in [5, 5.41) is 1.97. The van der Waals surface area contributed by atoms with E-state index in [9.17, 15) is 35.9 Å². The Hall–Kier alpha value is -2.26. The molecule has 0 aliphatic heterocycles. The van der Waals surface area contributed by atoms with Gasteiger partial charge in [0.25, 0.3) is 0 Å². The predicted molar refractivity (Wildman–Crippen MR) is 62.4 cm³/mol. The van der Waals surface area contributed by atoms with E-state index >= 15 is 0 Å². The number of rotatable bonds is 3. The van der Waals surface area contributed by atoms with Crippen LogP contribution in [0.1, 0.15) is 16.7 Å². The van der Waals surface area contributed by atoms with Gasteiger partial charge in [-0.25, -0.2) is 0 Å². The molecule has 122 valence electrons. The molecule has 1 rings (SSSR count). The van der Waals surface area contributed by atoms with Crippen molar-refractivity contribution < 1.29 is 35.9 Å². The highest BCUT2D eigenvalue weighted by Crippen LogP contribution is 2.36. The second kappa shape index (κ2) is 6.24. The van der Waals surface area contributed by atoms with Gasteiger partial charge in [-0.15, -0.1) is 0 Å². The van der Waals surface area contributed by atoms with Gasteiger partial charge in [-0.2, -0.15) is 26.3 Å². The van der Waals surface area contributed by atoms with Gasteiger partial charge in [-0.3, -0.25) is 9.59 Å². The molecule has 0 bridgehead atoms. The first kappa shape index (κ1) is 17.8. The third-order valence-corrected chi connectivity index (χ3v) is 2.57. The van der Waals surface area contributed by atoms with E-state index in [1.54, 1.807) is 0 Å². The summed E-state index contributed by atoms with van der Waals surface area (Å²) in [5.41, 5.74) is 1.45. The molecular formula is C12H10F6N2O2. The molecule has 0 fully saturated rings. The van der Waals surface area contributed by atoms with Crippen LogP contribution in [-0.4, -0.2) is 18.4 Å². The van der Waals surface area contributed by atoms with Crippen molar-refractivity contribution in [2.45, 2.75) is 18.8 Å². The third-order valence-electron chi connectivity index (χ3n) is 2.57. The molecule has 0 saturated carbocycles. The summed E-state index contributed by atoms with van der Waals surface area (Å²) in [7, 11) is 0. The molecule has 0 aliphatic carbocycles. The molecule has 4 nitrogen and oxygen atoms in total. The minimum atomic E-state index is -4.94. The number of carbonyl (C=O) groups excluding carboxylic acids is 2. The number of nitrogens with one attached hydrogen (secondary N) is 1. The minimum Gasteiger partial charge on any atom is -0.361 e. The SMILES string of the molecule is NC(=O)C(=O)NCCc1cc(C(F)(F)F)cc(C(F)(F)F)c1. The van der Waals surface area contributed by atoms with Gasteiger partial charge in [0, 0.05) is 6.54 Å². The Labute approximate surface area is 120 Å². The molecule has 0 heterocycles. The van der Waals surface area contributed by atoms with Crippen LogP contribution in [0.15, 0.2) is 18.2 Å². The van der Waals surface area contributed by atoms with Gasteiger partial charge in [0.05, 0.1) is 11.1 Å². The Kier molecular flexibility index (Phi) is 5.05. The molecule has 2 amide bonds. The predicted octanol–water partition coefficient (Wildman–Crippen LogP) is 1.87. The Morgan fingerprint density at radius 3 is 1.77 bits per heavy atom. The van der Waals surface area contributed by atoms with Gasteiger partial charge in [-0.05, 0) is 30.2 Å². The van der Waals surface area contributed by atoms with Crippen molar-refractivity contribution in [3.8, 4) is 0 Å². The van der Waals surface area contributed by atoms with Gasteiger partial charge >= 0.3 is 24.2 Å². The average Bonchev–Trinajstić information content (AvgIpc) is 2.36. The molecule has 3 N–H and O–H groups in total. The van der Waals surface area contributed by atoms with Gasteiger partial charge in [0.15, 0.2) is 0 Å². The average molecular weight is 328 g/mol. The lowest BCUT2D eigenvalue weighted by Gasteiger charge is -2.14. The van der Waals surface area contributed by atoms with Crippen molar-refractivity contribution in [1.82, 2.24) is 5.32 Å². The number of amides is 2. The van der Waals surface area contributed by atoms with Crippen LogP contribution in [0.4, 0.5) is 26.3 Å². The van der Waals surface area contributed by atoms with Crippen molar-refractivity contribution >= 4 is 11.8 Å². The molecule has 22 heavy (non-hydrogen) atoms. The quantitative estimate of drug-likeness (QED) is 0.657. The molecule has 0 aromatic heterocycles. The van der Waals surface area contributed by atoms with E-state index in [-0.39, 0.29) is 24.6 Å². The summed E-state index contributed by atoms with van der Waals surface area (Å²) >= 11 is 0. The summed E-state index contributed by atoms with van der Waals surface area (Å²) < 4.78 is 75.6. The van der Waals surface area contributed by atoms with Gasteiger partial charge < -0.3 is 11.1 Å². The number of hydrogen-bond acceptors (Lipinski definition) is 2. The molecule has 1 aromatic carbocycles. The van der Waals surface area contributed by atoms with E-state index < -0.39 is 35.3 Å². The molecule has 0 aliphatic rings. The van der Waals surface area contributed by atoms with Gasteiger partial charge in [0.1, 0.15) is 0 Å². The topological polar surface area (TPSA) is 72.2 Å². The fourth-order valence-electron chi connectivity index (χ4n) is 1.57. The van der Waals surface area contributed by atoms with Crippen molar-refractivity contribution in [2.75, 3.05) is 6.54 Å². The summed E-state index contributed by atoms with van der Waals surface area (Å²) in [6, 6.07) is 1.10. The fourth-order valence-corrected chi connectivity index (χ4v) is 1.57. The summed E-state index contributed by atoms with van der Waals surface area (Å²) in [5.74, 6) is -2.48. The maximum Gasteiger partial charge on any atom is 0.416 e. The smallest absolute Gasteiger partial charge is 0.361 e. The standard InChI is InChI=1S/C12H10F6N2O2/c13-11(14,15)7-3-6(1-2-20-10(22)9(19)21)4-8(5-7)12(16,17)18/h3-5H,1-2H2,(H2,19,21)(H,20,22). The lowest BCUT2D eigenvalue weighted by atomic mass is 10.0. The Balaban J connectivity index is 2.99. The number of nitrogens with two attached hydrogens (primary N) is 1. The van der Waals surface area contributed by atoms with Crippen LogP contribution in [0.2, 0.25) is 0 Å². The van der Waals surface area contributed by atoms with Crippen LogP contribution in [-0.2, 0) is 28.4 Å². The lowest BCUT2D eigenvalue weighted by Crippen LogP contribution is -2.37. The highest BCUT2D eigenvalue weighted by molar-refractivity contribution is 6.34. The van der Waals surface area contributed by atoms with Crippen molar-refractivity contribution in [3.63, 3.8) is 0 Å². The van der Waals surface area contributed by atoms with Crippen LogP contribution in [0.25, 0.3) is 0 Å². The zero-order chi connectivity index (χ0) is 17.1. The van der Waals surface area contributed by atoms with E-state index in [0.29, 0.717) is 12.1 Å². The first-order valence-corrected chi connectivity index (χ1v) is 5.77. The fraction of sp³-hybridized carbons (Fsp3) is 0.333. The van der Waals surface area contributed by atoms with Gasteiger partial charge in [0.2, 0.25) is 0 Å². The Bertz CT molecular complexity index is 548. The Morgan fingerprint density at radius 1 is 0.955 bits per heavy atom. The number of halogens is 6. The monoisotopic (exact) mass is 328 g/mol. The van der Waals surface area contributed by atoms with E-state index in [1.807, 2.05) is 5.32 Å². The molecule has 10 heteroatoms. The summed E-state index contributed by atoms with van der Waals surface area (Å²) in [4.78, 5) is 21.3. The normalized spacial score (nSPS) is 12.1. The van der Waals surface area contributed by atoms with Gasteiger partial charge in [-0.1, -0.05) is 0 Å². The molecule has 0 saturated heterocycles. The molecule has 0 unspecified atom stereocenters. The van der Waals surface area contributed by atoms with Crippen LogP contribution >= 0.6 is 0 Å². The van der Waals surface area contributed by atoms with Crippen LogP contribution in [0.3, 0.4) is 0 Å². The minimum absolute atomic E-state index is 0.00545. The Morgan fingerprint density at radius 2 is 1.41 bits per heavy atom. The van der Waals surface area contributed by atoms with Crippen LogP contribution in [0.5, 0.6) is 0 Å². The summed E-state index contributed by atoms with van der Waals surface area (Å²) in [6.07, 6.45) is -10.2. The molecule has 1 aromatic rings. The van der Waals surface area contributed by atoms with Crippen LogP contribution in [0, 0.1) is 0 Å². The van der Waals surface area contributed by atoms with E-state index in [4.69, 9.17) is 0 Å². The second-order valence-corrected chi connectivity index (χ2v) is 4.28. The van der Waals surface area contributed by atoms with Crippen molar-refractivity contribution in [1.29, 1.82) is 0 Å². The maximum atomic E-state index is 12.6. The highest BCUT2D eigenvalue weighted by Gasteiger charge is 2.36. The first-order chi connectivity index (χ1) is 9.91. The van der Waals surface area contributed by atoms with Crippen LogP contribution < -0.4 is 11.1 Å². The number of alkyl halides is 6. The maximum absolute atomic E-state index is 12.6. The van der Waals surface area contributed by atoms with Crippen molar-refractivity contribution in [3.05, 3.63) is 34.9 Å².